The number of nitrogens with one attached hydrogen (secondary N) is 2. The monoisotopic (exact) mass is 550 g/mol. The molecular weight excluding hydrogens is 516 g/mol. The Kier molecular flexibility index (Phi) is 12.0. The summed E-state index contributed by atoms with van der Waals surface area (Å²) >= 11 is 0. The molecule has 0 amide bonds. The second kappa shape index (κ2) is 16.4. The predicted octanol–water partition coefficient (Wildman–Crippen LogP) is 9.38. The van der Waals surface area contributed by atoms with Crippen molar-refractivity contribution in [1.82, 2.24) is 0 Å². The maximum absolute atomic E-state index is 9.39. The van der Waals surface area contributed by atoms with Gasteiger partial charge in [0.05, 0.1) is 33.9 Å². The van der Waals surface area contributed by atoms with E-state index in [-0.39, 0.29) is 0 Å². The number of nitriles is 2. The minimum atomic E-state index is 0.558. The Balaban J connectivity index is 0.000000230. The number of hydrogen-bond donors (Lipinski definition) is 2. The summed E-state index contributed by atoms with van der Waals surface area (Å²) in [5.74, 6) is 0. The average molecular weight is 551 g/mol. The standard InChI is InChI=1S/2C18H17N3/c2*1-14(20-16-9-5-3-6-10-16)18(13-19)15(2)21-17-11-7-4-8-12-17/h2*3-12,20H,1-2H3/b2*18-14-,21-15?. The number of anilines is 2. The molecule has 0 heterocycles. The van der Waals surface area contributed by atoms with Crippen molar-refractivity contribution in [2.24, 2.45) is 9.98 Å². The Morgan fingerprint density at radius 2 is 0.762 bits per heavy atom. The van der Waals surface area contributed by atoms with Gasteiger partial charge in [0.1, 0.15) is 12.1 Å². The van der Waals surface area contributed by atoms with E-state index < -0.39 is 0 Å². The summed E-state index contributed by atoms with van der Waals surface area (Å²) in [4.78, 5) is 8.98. The first kappa shape index (κ1) is 30.8. The van der Waals surface area contributed by atoms with Crippen molar-refractivity contribution < 1.29 is 0 Å². The van der Waals surface area contributed by atoms with E-state index in [0.29, 0.717) is 22.6 Å². The van der Waals surface area contributed by atoms with E-state index in [1.54, 1.807) is 0 Å². The van der Waals surface area contributed by atoms with Gasteiger partial charge in [0.2, 0.25) is 0 Å². The molecule has 0 saturated heterocycles. The molecule has 0 aromatic heterocycles. The Labute approximate surface area is 248 Å². The van der Waals surface area contributed by atoms with Gasteiger partial charge in [-0.05, 0) is 76.2 Å². The molecule has 0 aliphatic rings. The normalized spacial score (nSPS) is 12.3. The van der Waals surface area contributed by atoms with Crippen LogP contribution in [0.2, 0.25) is 0 Å². The van der Waals surface area contributed by atoms with E-state index in [9.17, 15) is 10.5 Å². The summed E-state index contributed by atoms with van der Waals surface area (Å²) in [5, 5.41) is 25.3. The first-order chi connectivity index (χ1) is 20.4. The maximum atomic E-state index is 9.39. The summed E-state index contributed by atoms with van der Waals surface area (Å²) in [7, 11) is 0. The van der Waals surface area contributed by atoms with Crippen molar-refractivity contribution in [3.8, 4) is 12.1 Å². The third kappa shape index (κ3) is 9.79. The van der Waals surface area contributed by atoms with Crippen LogP contribution in [0.3, 0.4) is 0 Å². The van der Waals surface area contributed by atoms with Crippen LogP contribution in [0.15, 0.2) is 154 Å². The fourth-order valence-corrected chi connectivity index (χ4v) is 3.98. The number of allylic oxidation sites excluding steroid dienone is 4. The fraction of sp³-hybridized carbons (Fsp3) is 0.111. The minimum absolute atomic E-state index is 0.558. The van der Waals surface area contributed by atoms with Crippen LogP contribution in [0.25, 0.3) is 0 Å². The first-order valence-electron chi connectivity index (χ1n) is 13.5. The molecule has 0 saturated carbocycles. The van der Waals surface area contributed by atoms with Crippen LogP contribution in [-0.2, 0) is 0 Å². The van der Waals surface area contributed by atoms with Crippen molar-refractivity contribution in [2.75, 3.05) is 10.6 Å². The van der Waals surface area contributed by atoms with Gasteiger partial charge in [0, 0.05) is 22.8 Å². The van der Waals surface area contributed by atoms with E-state index in [0.717, 1.165) is 34.1 Å². The van der Waals surface area contributed by atoms with Crippen molar-refractivity contribution in [1.29, 1.82) is 10.5 Å². The lowest BCUT2D eigenvalue weighted by Crippen LogP contribution is -2.05. The molecule has 4 rings (SSSR count). The molecule has 6 nitrogen and oxygen atoms in total. The van der Waals surface area contributed by atoms with Gasteiger partial charge in [-0.15, -0.1) is 0 Å². The highest BCUT2D eigenvalue weighted by molar-refractivity contribution is 6.04. The number of nitrogens with zero attached hydrogens (tertiary/aromatic N) is 4. The van der Waals surface area contributed by atoms with E-state index in [1.807, 2.05) is 149 Å². The molecule has 0 unspecified atom stereocenters. The van der Waals surface area contributed by atoms with Crippen LogP contribution >= 0.6 is 0 Å². The van der Waals surface area contributed by atoms with Crippen molar-refractivity contribution in [2.45, 2.75) is 27.7 Å². The average Bonchev–Trinajstić information content (AvgIpc) is 3.00. The minimum Gasteiger partial charge on any atom is -0.358 e. The zero-order chi connectivity index (χ0) is 30.2. The highest BCUT2D eigenvalue weighted by Crippen LogP contribution is 2.18. The van der Waals surface area contributed by atoms with Crippen LogP contribution in [0.5, 0.6) is 0 Å². The summed E-state index contributed by atoms with van der Waals surface area (Å²) < 4.78 is 0. The summed E-state index contributed by atoms with van der Waals surface area (Å²) in [6, 6.07) is 43.3. The van der Waals surface area contributed by atoms with Crippen molar-refractivity contribution >= 4 is 34.2 Å². The molecular formula is C36H34N6. The molecule has 0 fully saturated rings. The quantitative estimate of drug-likeness (QED) is 0.169. The molecule has 0 bridgehead atoms. The van der Waals surface area contributed by atoms with Gasteiger partial charge >= 0.3 is 0 Å². The smallest absolute Gasteiger partial charge is 0.103 e. The lowest BCUT2D eigenvalue weighted by atomic mass is 10.1. The van der Waals surface area contributed by atoms with Gasteiger partial charge in [0.25, 0.3) is 0 Å². The Hall–Kier alpha value is -5.72. The number of rotatable bonds is 8. The van der Waals surface area contributed by atoms with Crippen LogP contribution in [0.4, 0.5) is 22.7 Å². The third-order valence-corrected chi connectivity index (χ3v) is 6.01. The van der Waals surface area contributed by atoms with Gasteiger partial charge in [-0.25, -0.2) is 0 Å². The lowest BCUT2D eigenvalue weighted by Gasteiger charge is -2.09. The second-order valence-corrected chi connectivity index (χ2v) is 9.27. The third-order valence-electron chi connectivity index (χ3n) is 6.01. The molecule has 0 aliphatic heterocycles. The zero-order valence-corrected chi connectivity index (χ0v) is 24.3. The van der Waals surface area contributed by atoms with Crippen molar-refractivity contribution in [3.63, 3.8) is 0 Å². The number of benzene rings is 4. The number of aliphatic imine (C=N–C) groups is 2. The fourth-order valence-electron chi connectivity index (χ4n) is 3.98. The van der Waals surface area contributed by atoms with Gasteiger partial charge < -0.3 is 10.6 Å². The molecule has 0 spiro atoms. The zero-order valence-electron chi connectivity index (χ0n) is 24.3. The molecule has 0 atom stereocenters. The van der Waals surface area contributed by atoms with E-state index >= 15 is 0 Å². The Bertz CT molecular complexity index is 1510. The molecule has 4 aromatic carbocycles. The SMILES string of the molecule is CC(=Nc1ccccc1)/C(C#N)=C(/C)Nc1ccccc1.CC(=Nc1ccccc1)/C(C#N)=C(/C)Nc1ccccc1. The number of para-hydroxylation sites is 4. The number of hydrogen-bond acceptors (Lipinski definition) is 6. The van der Waals surface area contributed by atoms with Crippen LogP contribution in [-0.4, -0.2) is 11.4 Å². The van der Waals surface area contributed by atoms with Crippen LogP contribution in [0, 0.1) is 22.7 Å². The summed E-state index contributed by atoms with van der Waals surface area (Å²) in [6.07, 6.45) is 0. The van der Waals surface area contributed by atoms with Gasteiger partial charge in [-0.1, -0.05) is 72.8 Å². The van der Waals surface area contributed by atoms with Crippen molar-refractivity contribution in [3.05, 3.63) is 144 Å². The summed E-state index contributed by atoms with van der Waals surface area (Å²) in [5.41, 5.74) is 7.69. The molecule has 4 aromatic rings. The molecule has 42 heavy (non-hydrogen) atoms. The molecule has 6 heteroatoms. The van der Waals surface area contributed by atoms with Crippen LogP contribution < -0.4 is 10.6 Å². The molecule has 0 aliphatic carbocycles. The van der Waals surface area contributed by atoms with Gasteiger partial charge in [-0.3, -0.25) is 9.98 Å². The molecule has 2 N–H and O–H groups in total. The topological polar surface area (TPSA) is 96.4 Å². The Morgan fingerprint density at radius 3 is 1.05 bits per heavy atom. The maximum Gasteiger partial charge on any atom is 0.103 e. The Morgan fingerprint density at radius 1 is 0.476 bits per heavy atom. The first-order valence-corrected chi connectivity index (χ1v) is 13.5. The molecule has 208 valence electrons. The molecule has 0 radical (unpaired) electrons. The van der Waals surface area contributed by atoms with Gasteiger partial charge in [-0.2, -0.15) is 10.5 Å². The second-order valence-electron chi connectivity index (χ2n) is 9.27. The van der Waals surface area contributed by atoms with Crippen LogP contribution in [0.1, 0.15) is 27.7 Å². The van der Waals surface area contributed by atoms with E-state index in [1.165, 1.54) is 0 Å². The van der Waals surface area contributed by atoms with E-state index in [2.05, 4.69) is 32.8 Å². The highest BCUT2D eigenvalue weighted by atomic mass is 14.9. The van der Waals surface area contributed by atoms with Gasteiger partial charge in [0.15, 0.2) is 0 Å². The highest BCUT2D eigenvalue weighted by Gasteiger charge is 2.08. The van der Waals surface area contributed by atoms with E-state index in [4.69, 9.17) is 0 Å². The lowest BCUT2D eigenvalue weighted by molar-refractivity contribution is 1.33. The predicted molar refractivity (Wildman–Crippen MR) is 175 cm³/mol. The largest absolute Gasteiger partial charge is 0.358 e. The summed E-state index contributed by atoms with van der Waals surface area (Å²) in [6.45, 7) is 7.47.